The maximum absolute atomic E-state index is 4.33. The van der Waals surface area contributed by atoms with Gasteiger partial charge in [-0.1, -0.05) is 30.3 Å². The van der Waals surface area contributed by atoms with Crippen LogP contribution in [-0.2, 0) is 19.5 Å². The van der Waals surface area contributed by atoms with E-state index in [1.54, 1.807) is 12.4 Å². The van der Waals surface area contributed by atoms with E-state index in [1.165, 1.54) is 5.56 Å². The summed E-state index contributed by atoms with van der Waals surface area (Å²) in [5.41, 5.74) is 1.30. The molecule has 3 heterocycles. The molecule has 2 aromatic heterocycles. The van der Waals surface area contributed by atoms with E-state index in [4.69, 9.17) is 0 Å². The van der Waals surface area contributed by atoms with Crippen LogP contribution < -0.4 is 4.90 Å². The van der Waals surface area contributed by atoms with Gasteiger partial charge in [-0.15, -0.1) is 5.10 Å². The monoisotopic (exact) mass is 350 g/mol. The highest BCUT2D eigenvalue weighted by Gasteiger charge is 2.20. The van der Waals surface area contributed by atoms with Crippen LogP contribution in [0.25, 0.3) is 0 Å². The summed E-state index contributed by atoms with van der Waals surface area (Å²) in [5.74, 6) is 1.73. The summed E-state index contributed by atoms with van der Waals surface area (Å²) in [6.45, 7) is 5.29. The van der Waals surface area contributed by atoms with Gasteiger partial charge in [0.15, 0.2) is 5.82 Å². The van der Waals surface area contributed by atoms with Crippen LogP contribution in [-0.4, -0.2) is 61.3 Å². The molecule has 0 aliphatic carbocycles. The Hall–Kier alpha value is -2.87. The number of aryl methyl sites for hydroxylation is 2. The third kappa shape index (κ3) is 4.02. The molecular weight excluding hydrogens is 328 g/mol. The maximum Gasteiger partial charge on any atom is 0.225 e. The van der Waals surface area contributed by atoms with Crippen molar-refractivity contribution in [2.75, 3.05) is 31.1 Å². The lowest BCUT2D eigenvalue weighted by molar-refractivity contribution is 0.238. The van der Waals surface area contributed by atoms with Crippen LogP contribution >= 0.6 is 0 Å². The second-order valence-corrected chi connectivity index (χ2v) is 6.37. The number of tetrazole rings is 1. The van der Waals surface area contributed by atoms with Crippen LogP contribution in [0.5, 0.6) is 0 Å². The molecule has 0 radical (unpaired) electrons. The van der Waals surface area contributed by atoms with Crippen molar-refractivity contribution in [1.82, 2.24) is 35.1 Å². The zero-order valence-electron chi connectivity index (χ0n) is 14.6. The Morgan fingerprint density at radius 3 is 2.42 bits per heavy atom. The zero-order chi connectivity index (χ0) is 17.6. The first-order valence-electron chi connectivity index (χ1n) is 8.92. The van der Waals surface area contributed by atoms with E-state index >= 15 is 0 Å². The van der Waals surface area contributed by atoms with Gasteiger partial charge in [-0.25, -0.2) is 14.6 Å². The molecule has 0 amide bonds. The van der Waals surface area contributed by atoms with E-state index in [0.717, 1.165) is 57.5 Å². The van der Waals surface area contributed by atoms with E-state index in [-0.39, 0.29) is 0 Å². The largest absolute Gasteiger partial charge is 0.338 e. The van der Waals surface area contributed by atoms with Crippen molar-refractivity contribution in [3.8, 4) is 0 Å². The summed E-state index contributed by atoms with van der Waals surface area (Å²) in [6, 6.07) is 12.3. The Balaban J connectivity index is 1.31. The lowest BCUT2D eigenvalue weighted by Gasteiger charge is -2.34. The highest BCUT2D eigenvalue weighted by molar-refractivity contribution is 5.29. The van der Waals surface area contributed by atoms with Crippen LogP contribution in [0.1, 0.15) is 11.4 Å². The summed E-state index contributed by atoms with van der Waals surface area (Å²) in [5, 5.41) is 12.2. The van der Waals surface area contributed by atoms with Crippen LogP contribution in [0.4, 0.5) is 5.95 Å². The van der Waals surface area contributed by atoms with E-state index in [0.29, 0.717) is 0 Å². The Bertz CT molecular complexity index is 796. The van der Waals surface area contributed by atoms with Crippen LogP contribution in [0.3, 0.4) is 0 Å². The van der Waals surface area contributed by atoms with E-state index in [2.05, 4.69) is 59.6 Å². The first kappa shape index (κ1) is 16.6. The Morgan fingerprint density at radius 2 is 1.65 bits per heavy atom. The van der Waals surface area contributed by atoms with Crippen LogP contribution in [0, 0.1) is 0 Å². The molecule has 4 rings (SSSR count). The van der Waals surface area contributed by atoms with Crippen molar-refractivity contribution in [2.45, 2.75) is 19.5 Å². The van der Waals surface area contributed by atoms with Crippen molar-refractivity contribution < 1.29 is 0 Å². The third-order valence-electron chi connectivity index (χ3n) is 4.63. The Kier molecular flexibility index (Phi) is 5.11. The molecule has 0 atom stereocenters. The number of benzene rings is 1. The summed E-state index contributed by atoms with van der Waals surface area (Å²) < 4.78 is 1.92. The lowest BCUT2D eigenvalue weighted by atomic mass is 10.1. The SMILES string of the molecule is c1ccc(CCn2nnnc2CN2CCN(c3ncccn3)CC2)cc1. The van der Waals surface area contributed by atoms with E-state index < -0.39 is 0 Å². The minimum absolute atomic E-state index is 0.769. The number of hydrogen-bond donors (Lipinski definition) is 0. The molecule has 1 aliphatic rings. The second-order valence-electron chi connectivity index (χ2n) is 6.37. The average molecular weight is 350 g/mol. The quantitative estimate of drug-likeness (QED) is 0.657. The summed E-state index contributed by atoms with van der Waals surface area (Å²) in [6.07, 6.45) is 4.50. The van der Waals surface area contributed by atoms with Crippen molar-refractivity contribution >= 4 is 5.95 Å². The fourth-order valence-electron chi connectivity index (χ4n) is 3.15. The third-order valence-corrected chi connectivity index (χ3v) is 4.63. The minimum atomic E-state index is 0.769. The minimum Gasteiger partial charge on any atom is -0.338 e. The number of nitrogens with zero attached hydrogens (tertiary/aromatic N) is 8. The standard InChI is InChI=1S/C18H22N8/c1-2-5-16(6-3-1)7-10-26-17(21-22-23-26)15-24-11-13-25(14-12-24)18-19-8-4-9-20-18/h1-6,8-9H,7,10-15H2. The van der Waals surface area contributed by atoms with Gasteiger partial charge in [0.1, 0.15) is 0 Å². The highest BCUT2D eigenvalue weighted by atomic mass is 15.5. The van der Waals surface area contributed by atoms with Gasteiger partial charge in [0, 0.05) is 45.1 Å². The zero-order valence-corrected chi connectivity index (χ0v) is 14.6. The molecule has 0 N–H and O–H groups in total. The molecule has 1 saturated heterocycles. The van der Waals surface area contributed by atoms with Gasteiger partial charge in [0.2, 0.25) is 5.95 Å². The lowest BCUT2D eigenvalue weighted by Crippen LogP contribution is -2.46. The predicted octanol–water partition coefficient (Wildman–Crippen LogP) is 1.03. The number of piperazine rings is 1. The topological polar surface area (TPSA) is 75.9 Å². The van der Waals surface area contributed by atoms with Crippen molar-refractivity contribution in [1.29, 1.82) is 0 Å². The number of hydrogen-bond acceptors (Lipinski definition) is 7. The van der Waals surface area contributed by atoms with E-state index in [1.807, 2.05) is 16.8 Å². The maximum atomic E-state index is 4.33. The normalized spacial score (nSPS) is 15.3. The molecule has 1 aliphatic heterocycles. The molecule has 26 heavy (non-hydrogen) atoms. The molecule has 134 valence electrons. The van der Waals surface area contributed by atoms with Gasteiger partial charge in [-0.05, 0) is 28.5 Å². The molecule has 3 aromatic rings. The van der Waals surface area contributed by atoms with Crippen molar-refractivity contribution in [3.63, 3.8) is 0 Å². The molecular formula is C18H22N8. The Labute approximate surface area is 152 Å². The molecule has 0 unspecified atom stereocenters. The summed E-state index contributed by atoms with van der Waals surface area (Å²) >= 11 is 0. The summed E-state index contributed by atoms with van der Waals surface area (Å²) in [7, 11) is 0. The molecule has 1 fully saturated rings. The Morgan fingerprint density at radius 1 is 0.885 bits per heavy atom. The number of anilines is 1. The number of aromatic nitrogens is 6. The van der Waals surface area contributed by atoms with Gasteiger partial charge in [0.25, 0.3) is 0 Å². The molecule has 1 aromatic carbocycles. The number of rotatable bonds is 6. The van der Waals surface area contributed by atoms with Gasteiger partial charge in [-0.2, -0.15) is 0 Å². The van der Waals surface area contributed by atoms with E-state index in [9.17, 15) is 0 Å². The first-order chi connectivity index (χ1) is 12.9. The highest BCUT2D eigenvalue weighted by Crippen LogP contribution is 2.11. The summed E-state index contributed by atoms with van der Waals surface area (Å²) in [4.78, 5) is 13.3. The predicted molar refractivity (Wildman–Crippen MR) is 97.5 cm³/mol. The van der Waals surface area contributed by atoms with Crippen LogP contribution in [0.2, 0.25) is 0 Å². The molecule has 0 saturated carbocycles. The van der Waals surface area contributed by atoms with Gasteiger partial charge >= 0.3 is 0 Å². The smallest absolute Gasteiger partial charge is 0.225 e. The molecule has 0 spiro atoms. The molecule has 8 heteroatoms. The molecule has 0 bridgehead atoms. The van der Waals surface area contributed by atoms with Crippen molar-refractivity contribution in [2.24, 2.45) is 0 Å². The first-order valence-corrected chi connectivity index (χ1v) is 8.92. The molecule has 8 nitrogen and oxygen atoms in total. The van der Waals surface area contributed by atoms with Crippen LogP contribution in [0.15, 0.2) is 48.8 Å². The fraction of sp³-hybridized carbons (Fsp3) is 0.389. The average Bonchev–Trinajstić information content (AvgIpc) is 3.15. The van der Waals surface area contributed by atoms with Crippen molar-refractivity contribution in [3.05, 3.63) is 60.2 Å². The van der Waals surface area contributed by atoms with Gasteiger partial charge in [-0.3, -0.25) is 4.90 Å². The van der Waals surface area contributed by atoms with Gasteiger partial charge in [0.05, 0.1) is 6.54 Å². The fourth-order valence-corrected chi connectivity index (χ4v) is 3.15. The van der Waals surface area contributed by atoms with Gasteiger partial charge < -0.3 is 4.90 Å². The second kappa shape index (κ2) is 8.01.